The van der Waals surface area contributed by atoms with E-state index in [4.69, 9.17) is 9.84 Å². The number of aliphatic hydroxyl groups excluding tert-OH is 1. The Balaban J connectivity index is 2.85. The number of hydrogen-bond acceptors (Lipinski definition) is 2. The quantitative estimate of drug-likeness (QED) is 0.800. The van der Waals surface area contributed by atoms with Crippen LogP contribution in [0, 0.1) is 20.8 Å². The molecule has 0 fully saturated rings. The molecule has 0 unspecified atom stereocenters. The second-order valence-corrected chi connectivity index (χ2v) is 3.86. The fraction of sp³-hybridized carbons (Fsp3) is 0.500. The van der Waals surface area contributed by atoms with Gasteiger partial charge in [0.15, 0.2) is 0 Å². The van der Waals surface area contributed by atoms with Gasteiger partial charge in [-0.3, -0.25) is 0 Å². The molecule has 1 atom stereocenters. The summed E-state index contributed by atoms with van der Waals surface area (Å²) in [5.41, 5.74) is 3.57. The number of benzene rings is 1. The van der Waals surface area contributed by atoms with Gasteiger partial charge in [0.05, 0.1) is 6.10 Å². The predicted molar refractivity (Wildman–Crippen MR) is 57.8 cm³/mol. The number of hydrogen-bond donors (Lipinski definition) is 1. The topological polar surface area (TPSA) is 29.5 Å². The molecule has 1 aromatic carbocycles. The van der Waals surface area contributed by atoms with Crippen molar-refractivity contribution in [1.82, 2.24) is 0 Å². The van der Waals surface area contributed by atoms with E-state index in [0.29, 0.717) is 6.61 Å². The van der Waals surface area contributed by atoms with Crippen molar-refractivity contribution >= 4 is 0 Å². The lowest BCUT2D eigenvalue weighted by Crippen LogP contribution is -2.13. The molecule has 0 aromatic heterocycles. The molecule has 0 radical (unpaired) electrons. The Kier molecular flexibility index (Phi) is 3.53. The standard InChI is InChI=1S/C12H18O2/c1-8-5-9(2)11(4)12(6-8)14-7-10(3)13/h5-6,10,13H,7H2,1-4H3/t10-/m1/s1. The maximum Gasteiger partial charge on any atom is 0.122 e. The Bertz CT molecular complexity index is 316. The van der Waals surface area contributed by atoms with Gasteiger partial charge < -0.3 is 9.84 Å². The van der Waals surface area contributed by atoms with Gasteiger partial charge in [-0.2, -0.15) is 0 Å². The summed E-state index contributed by atoms with van der Waals surface area (Å²) in [6, 6.07) is 4.13. The van der Waals surface area contributed by atoms with Crippen molar-refractivity contribution < 1.29 is 9.84 Å². The van der Waals surface area contributed by atoms with Gasteiger partial charge in [0.1, 0.15) is 12.4 Å². The largest absolute Gasteiger partial charge is 0.491 e. The van der Waals surface area contributed by atoms with Gasteiger partial charge in [-0.25, -0.2) is 0 Å². The maximum atomic E-state index is 9.12. The van der Waals surface area contributed by atoms with Crippen LogP contribution < -0.4 is 4.74 Å². The van der Waals surface area contributed by atoms with Crippen molar-refractivity contribution in [2.45, 2.75) is 33.8 Å². The van der Waals surface area contributed by atoms with E-state index < -0.39 is 6.10 Å². The Morgan fingerprint density at radius 1 is 1.29 bits per heavy atom. The summed E-state index contributed by atoms with van der Waals surface area (Å²) in [6.45, 7) is 8.22. The van der Waals surface area contributed by atoms with E-state index in [1.54, 1.807) is 6.92 Å². The van der Waals surface area contributed by atoms with Crippen molar-refractivity contribution in [3.63, 3.8) is 0 Å². The lowest BCUT2D eigenvalue weighted by molar-refractivity contribution is 0.122. The smallest absolute Gasteiger partial charge is 0.122 e. The molecule has 1 N–H and O–H groups in total. The molecule has 0 heterocycles. The zero-order valence-electron chi connectivity index (χ0n) is 9.29. The van der Waals surface area contributed by atoms with Crippen LogP contribution in [-0.4, -0.2) is 17.8 Å². The first kappa shape index (κ1) is 11.1. The number of aliphatic hydroxyl groups is 1. The van der Waals surface area contributed by atoms with Gasteiger partial charge in [0.2, 0.25) is 0 Å². The summed E-state index contributed by atoms with van der Waals surface area (Å²) in [5.74, 6) is 0.878. The lowest BCUT2D eigenvalue weighted by Gasteiger charge is -2.13. The minimum atomic E-state index is -0.421. The monoisotopic (exact) mass is 194 g/mol. The van der Waals surface area contributed by atoms with E-state index in [0.717, 1.165) is 11.3 Å². The molecule has 0 saturated heterocycles. The average Bonchev–Trinajstić information content (AvgIpc) is 2.08. The summed E-state index contributed by atoms with van der Waals surface area (Å²) in [5, 5.41) is 9.12. The molecule has 0 amide bonds. The number of rotatable bonds is 3. The third-order valence-corrected chi connectivity index (χ3v) is 2.24. The SMILES string of the molecule is Cc1cc(C)c(C)c(OC[C@@H](C)O)c1. The van der Waals surface area contributed by atoms with Gasteiger partial charge in [-0.1, -0.05) is 6.07 Å². The zero-order chi connectivity index (χ0) is 10.7. The molecular weight excluding hydrogens is 176 g/mol. The fourth-order valence-electron chi connectivity index (χ4n) is 1.36. The van der Waals surface area contributed by atoms with Gasteiger partial charge in [0, 0.05) is 0 Å². The molecule has 14 heavy (non-hydrogen) atoms. The summed E-state index contributed by atoms with van der Waals surface area (Å²) in [7, 11) is 0. The summed E-state index contributed by atoms with van der Waals surface area (Å²) in [4.78, 5) is 0. The van der Waals surface area contributed by atoms with Crippen LogP contribution in [0.4, 0.5) is 0 Å². The van der Waals surface area contributed by atoms with Gasteiger partial charge >= 0.3 is 0 Å². The molecule has 0 aliphatic carbocycles. The molecule has 78 valence electrons. The van der Waals surface area contributed by atoms with Gasteiger partial charge in [0.25, 0.3) is 0 Å². The van der Waals surface area contributed by atoms with Crippen LogP contribution in [-0.2, 0) is 0 Å². The Morgan fingerprint density at radius 3 is 2.50 bits per heavy atom. The van der Waals surface area contributed by atoms with E-state index in [1.807, 2.05) is 19.9 Å². The van der Waals surface area contributed by atoms with Crippen LogP contribution in [0.1, 0.15) is 23.6 Å². The fourth-order valence-corrected chi connectivity index (χ4v) is 1.36. The van der Waals surface area contributed by atoms with E-state index in [2.05, 4.69) is 13.0 Å². The molecule has 1 aromatic rings. The van der Waals surface area contributed by atoms with E-state index in [-0.39, 0.29) is 0 Å². The highest BCUT2D eigenvalue weighted by molar-refractivity contribution is 5.41. The average molecular weight is 194 g/mol. The van der Waals surface area contributed by atoms with Crippen molar-refractivity contribution in [3.05, 3.63) is 28.8 Å². The highest BCUT2D eigenvalue weighted by Crippen LogP contribution is 2.23. The first-order valence-electron chi connectivity index (χ1n) is 4.89. The molecule has 0 saturated carbocycles. The predicted octanol–water partition coefficient (Wildman–Crippen LogP) is 2.37. The number of ether oxygens (including phenoxy) is 1. The zero-order valence-corrected chi connectivity index (χ0v) is 9.29. The first-order chi connectivity index (χ1) is 6.50. The minimum absolute atomic E-state index is 0.351. The summed E-state index contributed by atoms with van der Waals surface area (Å²) in [6.07, 6.45) is -0.421. The maximum absolute atomic E-state index is 9.12. The lowest BCUT2D eigenvalue weighted by atomic mass is 10.1. The van der Waals surface area contributed by atoms with Crippen molar-refractivity contribution in [1.29, 1.82) is 0 Å². The van der Waals surface area contributed by atoms with Crippen LogP contribution in [0.3, 0.4) is 0 Å². The highest BCUT2D eigenvalue weighted by Gasteiger charge is 2.04. The molecule has 0 spiro atoms. The molecule has 0 aliphatic heterocycles. The molecule has 2 nitrogen and oxygen atoms in total. The Hall–Kier alpha value is -1.02. The van der Waals surface area contributed by atoms with E-state index in [9.17, 15) is 0 Å². The molecule has 0 bridgehead atoms. The normalized spacial score (nSPS) is 12.6. The van der Waals surface area contributed by atoms with Crippen LogP contribution in [0.25, 0.3) is 0 Å². The van der Waals surface area contributed by atoms with Crippen molar-refractivity contribution in [2.24, 2.45) is 0 Å². The van der Waals surface area contributed by atoms with Crippen LogP contribution in [0.5, 0.6) is 5.75 Å². The summed E-state index contributed by atoms with van der Waals surface area (Å²) < 4.78 is 5.51. The third kappa shape index (κ3) is 2.74. The molecule has 0 aliphatic rings. The number of aryl methyl sites for hydroxylation is 2. The molecule has 1 rings (SSSR count). The van der Waals surface area contributed by atoms with Crippen LogP contribution in [0.15, 0.2) is 12.1 Å². The summed E-state index contributed by atoms with van der Waals surface area (Å²) >= 11 is 0. The Labute approximate surface area is 85.5 Å². The second-order valence-electron chi connectivity index (χ2n) is 3.86. The molecular formula is C12H18O2. The first-order valence-corrected chi connectivity index (χ1v) is 4.89. The van der Waals surface area contributed by atoms with Gasteiger partial charge in [-0.05, 0) is 50.5 Å². The van der Waals surface area contributed by atoms with E-state index >= 15 is 0 Å². The van der Waals surface area contributed by atoms with Crippen LogP contribution in [0.2, 0.25) is 0 Å². The van der Waals surface area contributed by atoms with Gasteiger partial charge in [-0.15, -0.1) is 0 Å². The Morgan fingerprint density at radius 2 is 1.93 bits per heavy atom. The van der Waals surface area contributed by atoms with Crippen molar-refractivity contribution in [2.75, 3.05) is 6.61 Å². The van der Waals surface area contributed by atoms with Crippen molar-refractivity contribution in [3.8, 4) is 5.75 Å². The molecule has 2 heteroatoms. The minimum Gasteiger partial charge on any atom is -0.491 e. The highest BCUT2D eigenvalue weighted by atomic mass is 16.5. The second kappa shape index (κ2) is 4.47. The van der Waals surface area contributed by atoms with E-state index in [1.165, 1.54) is 11.1 Å². The third-order valence-electron chi connectivity index (χ3n) is 2.24. The van der Waals surface area contributed by atoms with Crippen LogP contribution >= 0.6 is 0 Å².